The number of halogens is 3. The van der Waals surface area contributed by atoms with Crippen molar-refractivity contribution >= 4 is 40.8 Å². The van der Waals surface area contributed by atoms with Crippen LogP contribution in [0, 0.1) is 5.82 Å². The largest absolute Gasteiger partial charge is 0.478 e. The maximum Gasteiger partial charge on any atom is 0.335 e. The van der Waals surface area contributed by atoms with Crippen molar-refractivity contribution in [2.24, 2.45) is 0 Å². The van der Waals surface area contributed by atoms with Crippen molar-refractivity contribution in [3.05, 3.63) is 123 Å². The van der Waals surface area contributed by atoms with Crippen LogP contribution in [-0.4, -0.2) is 41.5 Å². The van der Waals surface area contributed by atoms with Gasteiger partial charge >= 0.3 is 5.97 Å². The van der Waals surface area contributed by atoms with Crippen LogP contribution >= 0.6 is 23.2 Å². The zero-order valence-electron chi connectivity index (χ0n) is 20.9. The summed E-state index contributed by atoms with van der Waals surface area (Å²) >= 11 is 11.9. The molecule has 0 saturated heterocycles. The monoisotopic (exact) mass is 592 g/mol. The van der Waals surface area contributed by atoms with Gasteiger partial charge in [0.2, 0.25) is 5.91 Å². The summed E-state index contributed by atoms with van der Waals surface area (Å²) in [6.07, 6.45) is 2.66. The molecule has 0 aliphatic rings. The smallest absolute Gasteiger partial charge is 0.335 e. The number of carboxylic acids is 1. The first kappa shape index (κ1) is 27.7. The van der Waals surface area contributed by atoms with Gasteiger partial charge in [-0.05, 0) is 42.0 Å². The molecule has 2 aromatic heterocycles. The highest BCUT2D eigenvalue weighted by molar-refractivity contribution is 6.31. The second kappa shape index (κ2) is 11.7. The zero-order valence-corrected chi connectivity index (χ0v) is 22.4. The maximum atomic E-state index is 15.3. The molecule has 3 aromatic carbocycles. The summed E-state index contributed by atoms with van der Waals surface area (Å²) in [5.74, 6) is -2.47. The zero-order chi connectivity index (χ0) is 29.1. The summed E-state index contributed by atoms with van der Waals surface area (Å²) in [5, 5.41) is 19.3. The van der Waals surface area contributed by atoms with E-state index in [1.54, 1.807) is 12.1 Å². The SMILES string of the molecule is O=C(O)c1ccc(NC(=O)[C@H](Cc2ccccc2)n2cnc(-c3c(-n4cc(Cl)nn4)ccc(Cl)c3F)cc2=O)cc1. The molecule has 0 saturated carbocycles. The topological polar surface area (TPSA) is 132 Å². The Bertz CT molecular complexity index is 1810. The molecule has 13 heteroatoms. The van der Waals surface area contributed by atoms with Crippen LogP contribution in [0.5, 0.6) is 0 Å². The van der Waals surface area contributed by atoms with Gasteiger partial charge in [0, 0.05) is 18.2 Å². The number of anilines is 1. The number of carbonyl (C=O) groups is 2. The minimum Gasteiger partial charge on any atom is -0.478 e. The van der Waals surface area contributed by atoms with Gasteiger partial charge in [-0.2, -0.15) is 0 Å². The third kappa shape index (κ3) is 6.01. The lowest BCUT2D eigenvalue weighted by molar-refractivity contribution is -0.119. The molecule has 0 aliphatic carbocycles. The molecule has 5 rings (SSSR count). The number of carboxylic acid groups (broad SMARTS) is 1. The first-order valence-corrected chi connectivity index (χ1v) is 12.8. The predicted octanol–water partition coefficient (Wildman–Crippen LogP) is 5.06. The molecular formula is C28H19Cl2FN6O4. The Kier molecular flexibility index (Phi) is 7.90. The Morgan fingerprint density at radius 3 is 2.39 bits per heavy atom. The number of amides is 1. The highest BCUT2D eigenvalue weighted by atomic mass is 35.5. The van der Waals surface area contributed by atoms with E-state index in [-0.39, 0.29) is 39.1 Å². The van der Waals surface area contributed by atoms with Gasteiger partial charge in [-0.1, -0.05) is 58.7 Å². The van der Waals surface area contributed by atoms with Crippen LogP contribution in [0.3, 0.4) is 0 Å². The standard InChI is InChI=1S/C28H19Cl2FN6O4/c29-19-10-11-21(37-14-23(30)34-35-37)25(26(19)31)20-13-24(38)36(15-32-20)22(12-16-4-2-1-3-5-16)27(39)33-18-8-6-17(7-9-18)28(40)41/h1-11,13-15,22H,12H2,(H,33,39)(H,40,41)/t22-/m0/s1. The average molecular weight is 593 g/mol. The summed E-state index contributed by atoms with van der Waals surface area (Å²) in [6, 6.07) is 17.5. The molecule has 206 valence electrons. The van der Waals surface area contributed by atoms with E-state index in [4.69, 9.17) is 28.3 Å². The van der Waals surface area contributed by atoms with Crippen LogP contribution in [0.1, 0.15) is 22.0 Å². The highest BCUT2D eigenvalue weighted by Crippen LogP contribution is 2.32. The van der Waals surface area contributed by atoms with Crippen molar-refractivity contribution in [2.45, 2.75) is 12.5 Å². The van der Waals surface area contributed by atoms with Gasteiger partial charge in [-0.25, -0.2) is 18.9 Å². The fourth-order valence-electron chi connectivity index (χ4n) is 4.19. The van der Waals surface area contributed by atoms with Gasteiger partial charge in [0.15, 0.2) is 11.0 Å². The molecule has 2 heterocycles. The number of nitrogens with one attached hydrogen (secondary N) is 1. The molecule has 0 fully saturated rings. The van der Waals surface area contributed by atoms with E-state index in [9.17, 15) is 14.4 Å². The summed E-state index contributed by atoms with van der Waals surface area (Å²) in [4.78, 5) is 42.4. The molecule has 1 atom stereocenters. The van der Waals surface area contributed by atoms with E-state index < -0.39 is 29.3 Å². The first-order valence-electron chi connectivity index (χ1n) is 12.0. The summed E-state index contributed by atoms with van der Waals surface area (Å²) in [6.45, 7) is 0. The van der Waals surface area contributed by atoms with Crippen LogP contribution < -0.4 is 10.9 Å². The van der Waals surface area contributed by atoms with E-state index in [1.165, 1.54) is 47.3 Å². The number of benzene rings is 3. The number of nitrogens with zero attached hydrogens (tertiary/aromatic N) is 5. The molecule has 10 nitrogen and oxygen atoms in total. The van der Waals surface area contributed by atoms with Gasteiger partial charge in [0.1, 0.15) is 6.04 Å². The van der Waals surface area contributed by atoms with E-state index in [2.05, 4.69) is 20.6 Å². The van der Waals surface area contributed by atoms with Crippen molar-refractivity contribution in [1.82, 2.24) is 24.5 Å². The van der Waals surface area contributed by atoms with Crippen LogP contribution in [0.15, 0.2) is 90.1 Å². The van der Waals surface area contributed by atoms with E-state index in [0.29, 0.717) is 5.69 Å². The van der Waals surface area contributed by atoms with Crippen LogP contribution in [-0.2, 0) is 11.2 Å². The first-order chi connectivity index (χ1) is 19.7. The van der Waals surface area contributed by atoms with Gasteiger partial charge in [0.25, 0.3) is 5.56 Å². The van der Waals surface area contributed by atoms with Crippen LogP contribution in [0.25, 0.3) is 16.9 Å². The third-order valence-corrected chi connectivity index (χ3v) is 6.65. The third-order valence-electron chi connectivity index (χ3n) is 6.19. The maximum absolute atomic E-state index is 15.3. The summed E-state index contributed by atoms with van der Waals surface area (Å²) in [7, 11) is 0. The van der Waals surface area contributed by atoms with Gasteiger partial charge in [0.05, 0.1) is 40.1 Å². The number of rotatable bonds is 8. The van der Waals surface area contributed by atoms with Crippen molar-refractivity contribution in [2.75, 3.05) is 5.32 Å². The molecule has 0 unspecified atom stereocenters. The Morgan fingerprint density at radius 1 is 1.02 bits per heavy atom. The summed E-state index contributed by atoms with van der Waals surface area (Å²) in [5.41, 5.74) is 0.583. The number of hydrogen-bond acceptors (Lipinski definition) is 6. The Balaban J connectivity index is 1.54. The van der Waals surface area contributed by atoms with Crippen molar-refractivity contribution in [1.29, 1.82) is 0 Å². The predicted molar refractivity (Wildman–Crippen MR) is 150 cm³/mol. The summed E-state index contributed by atoms with van der Waals surface area (Å²) < 4.78 is 17.7. The molecule has 0 aliphatic heterocycles. The van der Waals surface area contributed by atoms with Gasteiger partial charge in [-0.15, -0.1) is 5.10 Å². The molecule has 2 N–H and O–H groups in total. The van der Waals surface area contributed by atoms with E-state index >= 15 is 4.39 Å². The van der Waals surface area contributed by atoms with Crippen molar-refractivity contribution in [3.8, 4) is 16.9 Å². The minimum absolute atomic E-state index is 0.0454. The lowest BCUT2D eigenvalue weighted by atomic mass is 10.0. The molecular weight excluding hydrogens is 574 g/mol. The normalized spacial score (nSPS) is 11.7. The lowest BCUT2D eigenvalue weighted by Crippen LogP contribution is -2.34. The quantitative estimate of drug-likeness (QED) is 0.257. The Labute approximate surface area is 241 Å². The average Bonchev–Trinajstić information content (AvgIpc) is 3.40. The molecule has 5 aromatic rings. The number of hydrogen-bond donors (Lipinski definition) is 2. The number of carbonyl (C=O) groups excluding carboxylic acids is 1. The van der Waals surface area contributed by atoms with Crippen molar-refractivity contribution < 1.29 is 19.1 Å². The molecule has 0 bridgehead atoms. The van der Waals surface area contributed by atoms with E-state index in [0.717, 1.165) is 22.5 Å². The minimum atomic E-state index is -1.10. The Morgan fingerprint density at radius 2 is 1.76 bits per heavy atom. The molecule has 1 amide bonds. The number of aromatic nitrogens is 5. The second-order valence-corrected chi connectivity index (χ2v) is 9.63. The highest BCUT2D eigenvalue weighted by Gasteiger charge is 2.25. The number of aromatic carboxylic acids is 1. The fourth-order valence-corrected chi connectivity index (χ4v) is 4.48. The van der Waals surface area contributed by atoms with Crippen molar-refractivity contribution in [3.63, 3.8) is 0 Å². The van der Waals surface area contributed by atoms with E-state index in [1.807, 2.05) is 18.2 Å². The fraction of sp³-hybridized carbons (Fsp3) is 0.0714. The second-order valence-electron chi connectivity index (χ2n) is 8.84. The molecule has 0 spiro atoms. The van der Waals surface area contributed by atoms with Gasteiger partial charge in [-0.3, -0.25) is 14.2 Å². The van der Waals surface area contributed by atoms with Gasteiger partial charge < -0.3 is 10.4 Å². The molecule has 0 radical (unpaired) electrons. The Hall–Kier alpha value is -4.87. The lowest BCUT2D eigenvalue weighted by Gasteiger charge is -2.20. The molecule has 41 heavy (non-hydrogen) atoms. The van der Waals surface area contributed by atoms with Crippen LogP contribution in [0.4, 0.5) is 10.1 Å². The van der Waals surface area contributed by atoms with Crippen LogP contribution in [0.2, 0.25) is 10.2 Å².